The van der Waals surface area contributed by atoms with Gasteiger partial charge in [0.2, 0.25) is 5.95 Å². The van der Waals surface area contributed by atoms with Crippen molar-refractivity contribution < 1.29 is 5.11 Å². The summed E-state index contributed by atoms with van der Waals surface area (Å²) < 4.78 is 0. The zero-order valence-electron chi connectivity index (χ0n) is 12.1. The molecular weight excluding hydrogens is 276 g/mol. The molecule has 0 aliphatic rings. The molecule has 110 valence electrons. The van der Waals surface area contributed by atoms with E-state index in [0.717, 1.165) is 11.3 Å². The van der Waals surface area contributed by atoms with Gasteiger partial charge in [-0.05, 0) is 25.1 Å². The first-order valence-electron chi connectivity index (χ1n) is 6.88. The number of nitrogens with zero attached hydrogens (tertiary/aromatic N) is 2. The number of nitrogens with one attached hydrogen (secondary N) is 1. The number of anilines is 1. The van der Waals surface area contributed by atoms with Crippen LogP contribution in [0.2, 0.25) is 0 Å². The molecule has 0 saturated carbocycles. The lowest BCUT2D eigenvalue weighted by molar-refractivity contribution is 0.477. The first-order chi connectivity index (χ1) is 10.7. The maximum atomic E-state index is 10.0. The van der Waals surface area contributed by atoms with Gasteiger partial charge < -0.3 is 5.11 Å². The average Bonchev–Trinajstić information content (AvgIpc) is 2.55. The fraction of sp³-hybridized carbons (Fsp3) is 0.0588. The third-order valence-corrected chi connectivity index (χ3v) is 3.38. The fourth-order valence-electron chi connectivity index (χ4n) is 2.21. The van der Waals surface area contributed by atoms with Crippen molar-refractivity contribution in [2.24, 2.45) is 5.84 Å². The first-order valence-corrected chi connectivity index (χ1v) is 6.88. The normalized spacial score (nSPS) is 10.5. The molecule has 22 heavy (non-hydrogen) atoms. The number of nitrogen functional groups attached to an aromatic ring is 1. The molecule has 0 radical (unpaired) electrons. The Hall–Kier alpha value is -2.92. The van der Waals surface area contributed by atoms with Gasteiger partial charge >= 0.3 is 0 Å². The molecule has 3 aromatic rings. The number of phenolic OH excluding ortho intramolecular Hbond substituents is 1. The number of benzene rings is 2. The largest absolute Gasteiger partial charge is 0.507 e. The number of nitrogens with two attached hydrogens (primary N) is 1. The third kappa shape index (κ3) is 2.75. The lowest BCUT2D eigenvalue weighted by atomic mass is 10.1. The van der Waals surface area contributed by atoms with Gasteiger partial charge in [0.1, 0.15) is 5.75 Å². The molecule has 0 atom stereocenters. The van der Waals surface area contributed by atoms with Crippen LogP contribution in [0.1, 0.15) is 5.56 Å². The van der Waals surface area contributed by atoms with Crippen molar-refractivity contribution in [3.8, 4) is 28.3 Å². The van der Waals surface area contributed by atoms with Crippen LogP contribution in [0.15, 0.2) is 54.6 Å². The number of hydrogen-bond donors (Lipinski definition) is 3. The summed E-state index contributed by atoms with van der Waals surface area (Å²) in [7, 11) is 0. The SMILES string of the molecule is Cc1ccc(-c2cc(-c3ccccc3O)nc(NN)n2)cc1. The summed E-state index contributed by atoms with van der Waals surface area (Å²) in [6.07, 6.45) is 0. The van der Waals surface area contributed by atoms with Crippen LogP contribution in [0.4, 0.5) is 5.95 Å². The number of aromatic nitrogens is 2. The standard InChI is InChI=1S/C17H16N4O/c1-11-6-8-12(9-7-11)14-10-15(20-17(19-14)21-18)13-4-2-3-5-16(13)22/h2-10,22H,18H2,1H3,(H,19,20,21). The molecule has 1 aromatic heterocycles. The van der Waals surface area contributed by atoms with Crippen LogP contribution in [0.25, 0.3) is 22.5 Å². The molecule has 0 aliphatic heterocycles. The Morgan fingerprint density at radius 3 is 2.32 bits per heavy atom. The van der Waals surface area contributed by atoms with Crippen LogP contribution in [0.5, 0.6) is 5.75 Å². The predicted octanol–water partition coefficient (Wildman–Crippen LogP) is 3.11. The molecule has 0 saturated heterocycles. The summed E-state index contributed by atoms with van der Waals surface area (Å²) in [6, 6.07) is 16.9. The molecule has 0 spiro atoms. The van der Waals surface area contributed by atoms with Gasteiger partial charge in [-0.3, -0.25) is 5.43 Å². The van der Waals surface area contributed by atoms with Crippen LogP contribution < -0.4 is 11.3 Å². The molecule has 1 heterocycles. The number of aryl methyl sites for hydroxylation is 1. The van der Waals surface area contributed by atoms with Gasteiger partial charge in [-0.1, -0.05) is 42.0 Å². The van der Waals surface area contributed by atoms with Crippen molar-refractivity contribution in [2.75, 3.05) is 5.43 Å². The van der Waals surface area contributed by atoms with Crippen molar-refractivity contribution in [1.82, 2.24) is 9.97 Å². The van der Waals surface area contributed by atoms with E-state index >= 15 is 0 Å². The molecule has 5 nitrogen and oxygen atoms in total. The van der Waals surface area contributed by atoms with Crippen LogP contribution in [-0.2, 0) is 0 Å². The number of hydrazine groups is 1. The van der Waals surface area contributed by atoms with E-state index < -0.39 is 0 Å². The number of rotatable bonds is 3. The Morgan fingerprint density at radius 1 is 0.955 bits per heavy atom. The lowest BCUT2D eigenvalue weighted by Gasteiger charge is -2.09. The molecule has 3 rings (SSSR count). The second kappa shape index (κ2) is 5.83. The van der Waals surface area contributed by atoms with Gasteiger partial charge in [-0.2, -0.15) is 0 Å². The van der Waals surface area contributed by atoms with E-state index in [9.17, 15) is 5.11 Å². The van der Waals surface area contributed by atoms with Crippen LogP contribution in [-0.4, -0.2) is 15.1 Å². The molecule has 5 heteroatoms. The minimum atomic E-state index is 0.166. The van der Waals surface area contributed by atoms with E-state index in [4.69, 9.17) is 5.84 Å². The highest BCUT2D eigenvalue weighted by Gasteiger charge is 2.10. The van der Waals surface area contributed by atoms with Gasteiger partial charge in [0.05, 0.1) is 11.4 Å². The van der Waals surface area contributed by atoms with Gasteiger partial charge in [0.25, 0.3) is 0 Å². The monoisotopic (exact) mass is 292 g/mol. The van der Waals surface area contributed by atoms with Gasteiger partial charge in [-0.15, -0.1) is 0 Å². The molecule has 0 fully saturated rings. The molecule has 0 bridgehead atoms. The van der Waals surface area contributed by atoms with E-state index in [2.05, 4.69) is 15.4 Å². The molecule has 0 unspecified atom stereocenters. The van der Waals surface area contributed by atoms with E-state index in [1.807, 2.05) is 43.3 Å². The lowest BCUT2D eigenvalue weighted by Crippen LogP contribution is -2.11. The summed E-state index contributed by atoms with van der Waals surface area (Å²) in [5, 5.41) is 10.0. The highest BCUT2D eigenvalue weighted by Crippen LogP contribution is 2.30. The summed E-state index contributed by atoms with van der Waals surface area (Å²) in [5.41, 5.74) is 6.59. The molecule has 0 amide bonds. The van der Waals surface area contributed by atoms with E-state index in [1.54, 1.807) is 18.2 Å². The molecular formula is C17H16N4O. The Morgan fingerprint density at radius 2 is 1.64 bits per heavy atom. The number of para-hydroxylation sites is 1. The maximum Gasteiger partial charge on any atom is 0.238 e. The summed E-state index contributed by atoms with van der Waals surface area (Å²) in [4.78, 5) is 8.70. The first kappa shape index (κ1) is 14.0. The summed E-state index contributed by atoms with van der Waals surface area (Å²) in [5.74, 6) is 5.94. The number of phenols is 1. The van der Waals surface area contributed by atoms with E-state index in [0.29, 0.717) is 17.2 Å². The van der Waals surface area contributed by atoms with Crippen molar-refractivity contribution >= 4 is 5.95 Å². The Balaban J connectivity index is 2.15. The second-order valence-electron chi connectivity index (χ2n) is 4.99. The second-order valence-corrected chi connectivity index (χ2v) is 4.99. The Labute approximate surface area is 128 Å². The average molecular weight is 292 g/mol. The zero-order chi connectivity index (χ0) is 15.5. The Bertz CT molecular complexity index is 800. The van der Waals surface area contributed by atoms with Crippen LogP contribution >= 0.6 is 0 Å². The maximum absolute atomic E-state index is 10.0. The van der Waals surface area contributed by atoms with Crippen LogP contribution in [0, 0.1) is 6.92 Å². The highest BCUT2D eigenvalue weighted by molar-refractivity contribution is 5.72. The molecule has 2 aromatic carbocycles. The minimum Gasteiger partial charge on any atom is -0.507 e. The van der Waals surface area contributed by atoms with E-state index in [1.165, 1.54) is 5.56 Å². The number of aromatic hydroxyl groups is 1. The molecule has 4 N–H and O–H groups in total. The van der Waals surface area contributed by atoms with Crippen molar-refractivity contribution in [3.63, 3.8) is 0 Å². The van der Waals surface area contributed by atoms with Gasteiger partial charge in [-0.25, -0.2) is 15.8 Å². The third-order valence-electron chi connectivity index (χ3n) is 3.38. The van der Waals surface area contributed by atoms with Crippen molar-refractivity contribution in [3.05, 3.63) is 60.2 Å². The highest BCUT2D eigenvalue weighted by atomic mass is 16.3. The summed E-state index contributed by atoms with van der Waals surface area (Å²) in [6.45, 7) is 2.03. The van der Waals surface area contributed by atoms with Gasteiger partial charge in [0.15, 0.2) is 0 Å². The summed E-state index contributed by atoms with van der Waals surface area (Å²) >= 11 is 0. The van der Waals surface area contributed by atoms with Crippen molar-refractivity contribution in [1.29, 1.82) is 0 Å². The molecule has 0 aliphatic carbocycles. The van der Waals surface area contributed by atoms with Crippen LogP contribution in [0.3, 0.4) is 0 Å². The zero-order valence-corrected chi connectivity index (χ0v) is 12.1. The fourth-order valence-corrected chi connectivity index (χ4v) is 2.21. The van der Waals surface area contributed by atoms with E-state index in [-0.39, 0.29) is 5.75 Å². The number of hydrogen-bond acceptors (Lipinski definition) is 5. The van der Waals surface area contributed by atoms with Gasteiger partial charge in [0, 0.05) is 11.1 Å². The predicted molar refractivity (Wildman–Crippen MR) is 87.1 cm³/mol. The smallest absolute Gasteiger partial charge is 0.238 e. The van der Waals surface area contributed by atoms with Crippen molar-refractivity contribution in [2.45, 2.75) is 6.92 Å². The topological polar surface area (TPSA) is 84.1 Å². The quantitative estimate of drug-likeness (QED) is 0.510. The Kier molecular flexibility index (Phi) is 3.72. The minimum absolute atomic E-state index is 0.166.